The maximum atomic E-state index is 5.92. The second kappa shape index (κ2) is 6.74. The third-order valence-electron chi connectivity index (χ3n) is 4.62. The van der Waals surface area contributed by atoms with Gasteiger partial charge in [-0.25, -0.2) is 9.67 Å². The van der Waals surface area contributed by atoms with Crippen LogP contribution in [-0.4, -0.2) is 31.4 Å². The van der Waals surface area contributed by atoms with Gasteiger partial charge in [0.2, 0.25) is 5.95 Å². The van der Waals surface area contributed by atoms with E-state index in [0.717, 1.165) is 30.2 Å². The summed E-state index contributed by atoms with van der Waals surface area (Å²) in [4.78, 5) is 8.77. The summed E-state index contributed by atoms with van der Waals surface area (Å²) in [6.45, 7) is 5.10. The van der Waals surface area contributed by atoms with Crippen molar-refractivity contribution >= 4 is 23.2 Å². The molecule has 1 aliphatic heterocycles. The van der Waals surface area contributed by atoms with Crippen molar-refractivity contribution in [2.75, 3.05) is 12.4 Å². The first kappa shape index (κ1) is 17.6. The van der Waals surface area contributed by atoms with Crippen LogP contribution < -0.4 is 10.1 Å². The van der Waals surface area contributed by atoms with Gasteiger partial charge in [-0.05, 0) is 18.6 Å². The number of nitrogens with zero attached hydrogens (tertiary/aromatic N) is 5. The predicted molar refractivity (Wildman–Crippen MR) is 105 cm³/mol. The quantitative estimate of drug-likeness (QED) is 0.685. The zero-order chi connectivity index (χ0) is 19.0. The fourth-order valence-corrected chi connectivity index (χ4v) is 3.34. The monoisotopic (exact) mass is 384 g/mol. The lowest BCUT2D eigenvalue weighted by molar-refractivity contribution is 0.413. The van der Waals surface area contributed by atoms with Crippen LogP contribution >= 0.6 is 11.6 Å². The van der Waals surface area contributed by atoms with Gasteiger partial charge in [0.1, 0.15) is 23.1 Å². The number of rotatable bonds is 4. The number of imidazole rings is 1. The highest BCUT2D eigenvalue weighted by Crippen LogP contribution is 2.31. The molecule has 1 aliphatic rings. The van der Waals surface area contributed by atoms with Crippen molar-refractivity contribution in [1.29, 1.82) is 0 Å². The number of methoxy groups -OCH3 is 1. The smallest absolute Gasteiger partial charge is 0.246 e. The van der Waals surface area contributed by atoms with Crippen molar-refractivity contribution in [2.45, 2.75) is 32.2 Å². The molecule has 1 N–H and O–H groups in total. The van der Waals surface area contributed by atoms with Crippen molar-refractivity contribution < 1.29 is 4.74 Å². The molecule has 27 heavy (non-hydrogen) atoms. The average Bonchev–Trinajstić information content (AvgIpc) is 3.22. The standard InChI is InChI=1S/C19H21ClN6O/c1-19(2)8-4-5-9-26-17(19)23-18(24-26)22-13-6-7-14(15(10-13)27-3)25-11-16(20)21-12-25/h4-7,10-12H,8-9H2,1-3H3,(H,22,24). The summed E-state index contributed by atoms with van der Waals surface area (Å²) in [6, 6.07) is 5.79. The molecule has 0 aliphatic carbocycles. The average molecular weight is 385 g/mol. The van der Waals surface area contributed by atoms with Gasteiger partial charge in [-0.3, -0.25) is 0 Å². The molecule has 4 rings (SSSR count). The van der Waals surface area contributed by atoms with Crippen LogP contribution in [0.5, 0.6) is 5.75 Å². The van der Waals surface area contributed by atoms with E-state index in [2.05, 4.69) is 41.4 Å². The fourth-order valence-electron chi connectivity index (χ4n) is 3.19. The van der Waals surface area contributed by atoms with E-state index in [-0.39, 0.29) is 5.41 Å². The number of halogens is 1. The van der Waals surface area contributed by atoms with Crippen LogP contribution in [0.15, 0.2) is 42.9 Å². The number of ether oxygens (including phenoxy) is 1. The maximum absolute atomic E-state index is 5.92. The number of benzene rings is 1. The molecule has 0 fully saturated rings. The van der Waals surface area contributed by atoms with Crippen molar-refractivity contribution in [3.63, 3.8) is 0 Å². The topological polar surface area (TPSA) is 69.8 Å². The van der Waals surface area contributed by atoms with Crippen LogP contribution in [0.2, 0.25) is 5.15 Å². The molecule has 8 heteroatoms. The molecule has 0 unspecified atom stereocenters. The number of aromatic nitrogens is 5. The first-order chi connectivity index (χ1) is 13.0. The third kappa shape index (κ3) is 3.42. The van der Waals surface area contributed by atoms with Gasteiger partial charge in [-0.15, -0.1) is 5.10 Å². The molecule has 0 saturated heterocycles. The Labute approximate surface area is 162 Å². The number of anilines is 2. The molecule has 0 spiro atoms. The van der Waals surface area contributed by atoms with E-state index in [4.69, 9.17) is 21.3 Å². The van der Waals surface area contributed by atoms with Crippen LogP contribution in [0, 0.1) is 0 Å². The van der Waals surface area contributed by atoms with Crippen LogP contribution in [0.3, 0.4) is 0 Å². The number of hydrogen-bond donors (Lipinski definition) is 1. The molecule has 0 radical (unpaired) electrons. The highest BCUT2D eigenvalue weighted by atomic mass is 35.5. The highest BCUT2D eigenvalue weighted by Gasteiger charge is 2.28. The van der Waals surface area contributed by atoms with E-state index in [1.165, 1.54) is 0 Å². The van der Waals surface area contributed by atoms with Gasteiger partial charge in [0.05, 0.1) is 19.3 Å². The van der Waals surface area contributed by atoms with E-state index in [9.17, 15) is 0 Å². The number of nitrogens with one attached hydrogen (secondary N) is 1. The molecule has 1 aromatic carbocycles. The summed E-state index contributed by atoms with van der Waals surface area (Å²) in [6.07, 6.45) is 8.65. The fraction of sp³-hybridized carbons (Fsp3) is 0.316. The van der Waals surface area contributed by atoms with Crippen molar-refractivity contribution in [3.05, 3.63) is 53.9 Å². The third-order valence-corrected chi connectivity index (χ3v) is 4.81. The number of hydrogen-bond acceptors (Lipinski definition) is 5. The Morgan fingerprint density at radius 3 is 2.85 bits per heavy atom. The highest BCUT2D eigenvalue weighted by molar-refractivity contribution is 6.29. The lowest BCUT2D eigenvalue weighted by atomic mass is 9.89. The van der Waals surface area contributed by atoms with Gasteiger partial charge < -0.3 is 14.6 Å². The van der Waals surface area contributed by atoms with Gasteiger partial charge in [-0.1, -0.05) is 37.6 Å². The zero-order valence-corrected chi connectivity index (χ0v) is 16.2. The Bertz CT molecular complexity index is 1000. The van der Waals surface area contributed by atoms with Gasteiger partial charge in [0.15, 0.2) is 0 Å². The minimum atomic E-state index is -0.0534. The number of allylic oxidation sites excluding steroid dienone is 2. The molecular formula is C19H21ClN6O. The van der Waals surface area contributed by atoms with E-state index in [1.54, 1.807) is 19.6 Å². The molecule has 3 heterocycles. The van der Waals surface area contributed by atoms with E-state index in [0.29, 0.717) is 16.9 Å². The first-order valence-corrected chi connectivity index (χ1v) is 9.09. The Balaban J connectivity index is 1.63. The summed E-state index contributed by atoms with van der Waals surface area (Å²) < 4.78 is 9.30. The first-order valence-electron chi connectivity index (χ1n) is 8.71. The Kier molecular flexibility index (Phi) is 4.39. The number of fused-ring (bicyclic) bond motifs is 1. The minimum absolute atomic E-state index is 0.0534. The minimum Gasteiger partial charge on any atom is -0.494 e. The second-order valence-corrected chi connectivity index (χ2v) is 7.50. The van der Waals surface area contributed by atoms with Crippen molar-refractivity contribution in [2.24, 2.45) is 0 Å². The Morgan fingerprint density at radius 2 is 2.11 bits per heavy atom. The predicted octanol–water partition coefficient (Wildman–Crippen LogP) is 4.11. The summed E-state index contributed by atoms with van der Waals surface area (Å²) in [7, 11) is 1.63. The van der Waals surface area contributed by atoms with E-state index < -0.39 is 0 Å². The second-order valence-electron chi connectivity index (χ2n) is 7.12. The van der Waals surface area contributed by atoms with Gasteiger partial charge in [-0.2, -0.15) is 4.98 Å². The SMILES string of the molecule is COc1cc(Nc2nc3n(n2)CC=CCC3(C)C)ccc1-n1cnc(Cl)c1. The van der Waals surface area contributed by atoms with Crippen LogP contribution in [0.25, 0.3) is 5.69 Å². The molecule has 0 atom stereocenters. The summed E-state index contributed by atoms with van der Waals surface area (Å²) in [5.74, 6) is 2.25. The van der Waals surface area contributed by atoms with Crippen LogP contribution in [-0.2, 0) is 12.0 Å². The van der Waals surface area contributed by atoms with Crippen LogP contribution in [0.1, 0.15) is 26.1 Å². The molecule has 140 valence electrons. The van der Waals surface area contributed by atoms with Crippen molar-refractivity contribution in [3.8, 4) is 11.4 Å². The van der Waals surface area contributed by atoms with Crippen LogP contribution in [0.4, 0.5) is 11.6 Å². The molecule has 0 bridgehead atoms. The normalized spacial score (nSPS) is 15.3. The largest absolute Gasteiger partial charge is 0.494 e. The zero-order valence-electron chi connectivity index (χ0n) is 15.5. The Hall–Kier alpha value is -2.80. The molecule has 7 nitrogen and oxygen atoms in total. The lowest BCUT2D eigenvalue weighted by Gasteiger charge is -2.20. The Morgan fingerprint density at radius 1 is 1.26 bits per heavy atom. The molecule has 0 saturated carbocycles. The summed E-state index contributed by atoms with van der Waals surface area (Å²) in [5.41, 5.74) is 1.64. The summed E-state index contributed by atoms with van der Waals surface area (Å²) in [5, 5.41) is 8.32. The van der Waals surface area contributed by atoms with Gasteiger partial charge in [0.25, 0.3) is 0 Å². The summed E-state index contributed by atoms with van der Waals surface area (Å²) >= 11 is 5.92. The van der Waals surface area contributed by atoms with Gasteiger partial charge >= 0.3 is 0 Å². The molecular weight excluding hydrogens is 364 g/mol. The maximum Gasteiger partial charge on any atom is 0.246 e. The van der Waals surface area contributed by atoms with Crippen molar-refractivity contribution in [1.82, 2.24) is 24.3 Å². The lowest BCUT2D eigenvalue weighted by Crippen LogP contribution is -2.21. The van der Waals surface area contributed by atoms with E-state index >= 15 is 0 Å². The molecule has 0 amide bonds. The van der Waals surface area contributed by atoms with Gasteiger partial charge in [0, 0.05) is 23.4 Å². The van der Waals surface area contributed by atoms with E-state index in [1.807, 2.05) is 27.4 Å². The molecule has 3 aromatic rings. The molecule has 2 aromatic heterocycles.